The molecule has 58 valence electrons. The van der Waals surface area contributed by atoms with Crippen LogP contribution in [0.25, 0.3) is 0 Å². The van der Waals surface area contributed by atoms with E-state index in [1.165, 1.54) is 7.11 Å². The minimum Gasteiger partial charge on any atom is -0.469 e. The quantitative estimate of drug-likeness (QED) is 0.531. The van der Waals surface area contributed by atoms with Gasteiger partial charge in [-0.1, -0.05) is 0 Å². The molecule has 0 saturated carbocycles. The van der Waals surface area contributed by atoms with Gasteiger partial charge in [-0.15, -0.1) is 0 Å². The van der Waals surface area contributed by atoms with Crippen LogP contribution >= 0.6 is 0 Å². The van der Waals surface area contributed by atoms with E-state index in [2.05, 4.69) is 17.0 Å². The molecule has 0 spiro atoms. The van der Waals surface area contributed by atoms with Gasteiger partial charge in [0.1, 0.15) is 0 Å². The van der Waals surface area contributed by atoms with Crippen molar-refractivity contribution in [2.75, 3.05) is 13.7 Å². The second kappa shape index (κ2) is 3.01. The second-order valence-corrected chi connectivity index (χ2v) is 2.77. The van der Waals surface area contributed by atoms with Crippen molar-refractivity contribution in [3.8, 4) is 0 Å². The number of esters is 1. The van der Waals surface area contributed by atoms with Crippen molar-refractivity contribution in [1.82, 2.24) is 5.32 Å². The summed E-state index contributed by atoms with van der Waals surface area (Å²) >= 11 is 0. The van der Waals surface area contributed by atoms with Crippen LogP contribution in [0.2, 0.25) is 0 Å². The highest BCUT2D eigenvalue weighted by Crippen LogP contribution is 2.14. The fourth-order valence-electron chi connectivity index (χ4n) is 1.28. The number of carbonyl (C=O) groups excluding carboxylic acids is 1. The average molecular weight is 143 g/mol. The largest absolute Gasteiger partial charge is 0.469 e. The van der Waals surface area contributed by atoms with Crippen molar-refractivity contribution in [2.45, 2.75) is 19.4 Å². The summed E-state index contributed by atoms with van der Waals surface area (Å²) in [5.41, 5.74) is 0. The Morgan fingerprint density at radius 3 is 2.80 bits per heavy atom. The summed E-state index contributed by atoms with van der Waals surface area (Å²) in [5.74, 6) is -0.00292. The summed E-state index contributed by atoms with van der Waals surface area (Å²) in [6.07, 6.45) is 0.909. The van der Waals surface area contributed by atoms with Gasteiger partial charge in [-0.25, -0.2) is 0 Å². The topological polar surface area (TPSA) is 38.3 Å². The number of hydrogen-bond donors (Lipinski definition) is 1. The van der Waals surface area contributed by atoms with Crippen LogP contribution in [0, 0.1) is 5.92 Å². The first-order chi connectivity index (χ1) is 4.74. The Bertz CT molecular complexity index is 136. The lowest BCUT2D eigenvalue weighted by Crippen LogP contribution is -2.19. The van der Waals surface area contributed by atoms with Gasteiger partial charge in [0.25, 0.3) is 0 Å². The van der Waals surface area contributed by atoms with E-state index in [4.69, 9.17) is 0 Å². The van der Waals surface area contributed by atoms with Crippen molar-refractivity contribution < 1.29 is 9.53 Å². The van der Waals surface area contributed by atoms with Gasteiger partial charge in [0.2, 0.25) is 0 Å². The fourth-order valence-corrected chi connectivity index (χ4v) is 1.28. The molecule has 1 saturated heterocycles. The maximum absolute atomic E-state index is 10.9. The molecule has 0 radical (unpaired) electrons. The van der Waals surface area contributed by atoms with Crippen molar-refractivity contribution >= 4 is 5.97 Å². The van der Waals surface area contributed by atoms with Gasteiger partial charge in [0, 0.05) is 12.6 Å². The first-order valence-corrected chi connectivity index (χ1v) is 3.55. The molecule has 0 amide bonds. The Balaban J connectivity index is 2.37. The highest BCUT2D eigenvalue weighted by atomic mass is 16.5. The van der Waals surface area contributed by atoms with Crippen molar-refractivity contribution in [3.05, 3.63) is 0 Å². The summed E-state index contributed by atoms with van der Waals surface area (Å²) < 4.78 is 4.60. The van der Waals surface area contributed by atoms with E-state index in [0.29, 0.717) is 6.04 Å². The molecule has 10 heavy (non-hydrogen) atoms. The second-order valence-electron chi connectivity index (χ2n) is 2.77. The van der Waals surface area contributed by atoms with E-state index in [-0.39, 0.29) is 11.9 Å². The van der Waals surface area contributed by atoms with Crippen molar-refractivity contribution in [3.63, 3.8) is 0 Å². The molecule has 3 nitrogen and oxygen atoms in total. The Kier molecular flexibility index (Phi) is 2.27. The molecule has 1 aliphatic heterocycles. The molecule has 1 fully saturated rings. The third-order valence-corrected chi connectivity index (χ3v) is 1.89. The fraction of sp³-hybridized carbons (Fsp3) is 0.857. The highest BCUT2D eigenvalue weighted by molar-refractivity contribution is 5.72. The third kappa shape index (κ3) is 1.48. The van der Waals surface area contributed by atoms with Crippen LogP contribution in [-0.4, -0.2) is 25.7 Å². The Labute approximate surface area is 60.7 Å². The SMILES string of the molecule is COC(=O)[C@H]1CN[C@H](C)C1. The van der Waals surface area contributed by atoms with Crippen molar-refractivity contribution in [1.29, 1.82) is 0 Å². The number of nitrogens with one attached hydrogen (secondary N) is 1. The molecule has 0 aliphatic carbocycles. The third-order valence-electron chi connectivity index (χ3n) is 1.89. The maximum Gasteiger partial charge on any atom is 0.310 e. The lowest BCUT2D eigenvalue weighted by Gasteiger charge is -2.03. The predicted molar refractivity (Wildman–Crippen MR) is 37.6 cm³/mol. The van der Waals surface area contributed by atoms with Crippen LogP contribution in [0.15, 0.2) is 0 Å². The smallest absolute Gasteiger partial charge is 0.310 e. The van der Waals surface area contributed by atoms with Gasteiger partial charge in [-0.3, -0.25) is 4.79 Å². The van der Waals surface area contributed by atoms with E-state index in [1.807, 2.05) is 0 Å². The zero-order chi connectivity index (χ0) is 7.56. The first-order valence-electron chi connectivity index (χ1n) is 3.55. The summed E-state index contributed by atoms with van der Waals surface area (Å²) in [7, 11) is 1.44. The molecule has 1 aliphatic rings. The number of carbonyl (C=O) groups is 1. The van der Waals surface area contributed by atoms with Gasteiger partial charge >= 0.3 is 5.97 Å². The standard InChI is InChI=1S/C7H13NO2/c1-5-3-6(4-8-5)7(9)10-2/h5-6,8H,3-4H2,1-2H3/t5-,6-/m1/s1. The molecule has 0 aromatic carbocycles. The maximum atomic E-state index is 10.9. The molecule has 2 atom stereocenters. The first kappa shape index (κ1) is 7.54. The van der Waals surface area contributed by atoms with Gasteiger partial charge < -0.3 is 10.1 Å². The highest BCUT2D eigenvalue weighted by Gasteiger charge is 2.27. The molecule has 1 heterocycles. The monoisotopic (exact) mass is 143 g/mol. The van der Waals surface area contributed by atoms with Crippen LogP contribution in [0.5, 0.6) is 0 Å². The van der Waals surface area contributed by atoms with E-state index >= 15 is 0 Å². The lowest BCUT2D eigenvalue weighted by atomic mass is 10.1. The molecule has 0 unspecified atom stereocenters. The van der Waals surface area contributed by atoms with Gasteiger partial charge in [-0.2, -0.15) is 0 Å². The molecule has 1 N–H and O–H groups in total. The van der Waals surface area contributed by atoms with Gasteiger partial charge in [0.05, 0.1) is 13.0 Å². The average Bonchev–Trinajstić information content (AvgIpc) is 2.34. The van der Waals surface area contributed by atoms with E-state index in [0.717, 1.165) is 13.0 Å². The molecular formula is C7H13NO2. The van der Waals surface area contributed by atoms with Crippen LogP contribution < -0.4 is 5.32 Å². The van der Waals surface area contributed by atoms with E-state index in [1.54, 1.807) is 0 Å². The zero-order valence-electron chi connectivity index (χ0n) is 6.39. The van der Waals surface area contributed by atoms with Crippen LogP contribution in [0.1, 0.15) is 13.3 Å². The molecular weight excluding hydrogens is 130 g/mol. The summed E-state index contributed by atoms with van der Waals surface area (Å²) in [5, 5.41) is 3.18. The van der Waals surface area contributed by atoms with Gasteiger partial charge in [0.15, 0.2) is 0 Å². The Hall–Kier alpha value is -0.570. The van der Waals surface area contributed by atoms with Crippen LogP contribution in [0.4, 0.5) is 0 Å². The minimum atomic E-state index is -0.0862. The summed E-state index contributed by atoms with van der Waals surface area (Å²) in [4.78, 5) is 10.9. The normalized spacial score (nSPS) is 32.2. The number of hydrogen-bond acceptors (Lipinski definition) is 3. The Morgan fingerprint density at radius 1 is 1.70 bits per heavy atom. The van der Waals surface area contributed by atoms with Crippen molar-refractivity contribution in [2.24, 2.45) is 5.92 Å². The Morgan fingerprint density at radius 2 is 2.40 bits per heavy atom. The molecule has 1 rings (SSSR count). The van der Waals surface area contributed by atoms with E-state index in [9.17, 15) is 4.79 Å². The number of ether oxygens (including phenoxy) is 1. The summed E-state index contributed by atoms with van der Waals surface area (Å²) in [6, 6.07) is 0.462. The number of methoxy groups -OCH3 is 1. The molecule has 3 heteroatoms. The van der Waals surface area contributed by atoms with E-state index < -0.39 is 0 Å². The van der Waals surface area contributed by atoms with Crippen LogP contribution in [0.3, 0.4) is 0 Å². The predicted octanol–water partition coefficient (Wildman–Crippen LogP) is 0.157. The number of rotatable bonds is 1. The molecule has 0 aromatic heterocycles. The zero-order valence-corrected chi connectivity index (χ0v) is 6.39. The lowest BCUT2D eigenvalue weighted by molar-refractivity contribution is -0.144. The molecule has 0 bridgehead atoms. The molecule has 0 aromatic rings. The summed E-state index contributed by atoms with van der Waals surface area (Å²) in [6.45, 7) is 2.84. The van der Waals surface area contributed by atoms with Crippen LogP contribution in [-0.2, 0) is 9.53 Å². The van der Waals surface area contributed by atoms with Gasteiger partial charge in [-0.05, 0) is 13.3 Å². The minimum absolute atomic E-state index is 0.0833.